The topological polar surface area (TPSA) is 52.9 Å². The molecule has 1 amide bonds. The number of anilines is 2. The van der Waals surface area contributed by atoms with Gasteiger partial charge in [0.05, 0.1) is 12.2 Å². The molecule has 134 valence electrons. The number of halogens is 2. The first-order valence-corrected chi connectivity index (χ1v) is 8.25. The van der Waals surface area contributed by atoms with Gasteiger partial charge < -0.3 is 5.11 Å². The number of phenols is 1. The number of rotatable bonds is 3. The number of benzene rings is 3. The molecule has 4 nitrogen and oxygen atoms in total. The first-order chi connectivity index (χ1) is 13.0. The third kappa shape index (κ3) is 3.17. The molecule has 0 spiro atoms. The highest BCUT2D eigenvalue weighted by molar-refractivity contribution is 6.55. The lowest BCUT2D eigenvalue weighted by Crippen LogP contribution is -2.25. The standard InChI is InChI=1S/C21H14F2N2O2/c22-14-9-13(10-15(23)11-14)12-24-20-18-3-1-2-4-19(18)25(21(20)27)16-5-7-17(26)8-6-16/h1-11,26H,12H2. The Morgan fingerprint density at radius 1 is 0.926 bits per heavy atom. The highest BCUT2D eigenvalue weighted by atomic mass is 19.1. The largest absolute Gasteiger partial charge is 0.508 e. The molecule has 0 bridgehead atoms. The monoisotopic (exact) mass is 364 g/mol. The summed E-state index contributed by atoms with van der Waals surface area (Å²) in [5.41, 5.74) is 2.47. The molecule has 0 aromatic heterocycles. The lowest BCUT2D eigenvalue weighted by Gasteiger charge is -2.16. The van der Waals surface area contributed by atoms with Crippen LogP contribution in [0.5, 0.6) is 5.75 Å². The van der Waals surface area contributed by atoms with Crippen molar-refractivity contribution in [1.29, 1.82) is 0 Å². The van der Waals surface area contributed by atoms with Crippen LogP contribution in [0.4, 0.5) is 20.2 Å². The molecule has 27 heavy (non-hydrogen) atoms. The van der Waals surface area contributed by atoms with Crippen LogP contribution in [0.15, 0.2) is 71.7 Å². The third-order valence-electron chi connectivity index (χ3n) is 4.26. The van der Waals surface area contributed by atoms with Crippen LogP contribution in [-0.4, -0.2) is 16.7 Å². The number of para-hydroxylation sites is 1. The van der Waals surface area contributed by atoms with E-state index in [1.54, 1.807) is 30.3 Å². The van der Waals surface area contributed by atoms with E-state index in [4.69, 9.17) is 0 Å². The zero-order valence-electron chi connectivity index (χ0n) is 14.1. The summed E-state index contributed by atoms with van der Waals surface area (Å²) in [6, 6.07) is 16.6. The van der Waals surface area contributed by atoms with Crippen LogP contribution >= 0.6 is 0 Å². The Kier molecular flexibility index (Phi) is 4.16. The molecule has 1 aliphatic rings. The zero-order valence-corrected chi connectivity index (χ0v) is 14.1. The van der Waals surface area contributed by atoms with E-state index in [0.29, 0.717) is 22.5 Å². The molecular weight excluding hydrogens is 350 g/mol. The predicted octanol–water partition coefficient (Wildman–Crippen LogP) is 4.34. The molecule has 1 N–H and O–H groups in total. The zero-order chi connectivity index (χ0) is 19.0. The SMILES string of the molecule is O=C1C(=NCc2cc(F)cc(F)c2)c2ccccc2N1c1ccc(O)cc1. The molecule has 3 aromatic carbocycles. The van der Waals surface area contributed by atoms with Crippen molar-refractivity contribution in [2.24, 2.45) is 4.99 Å². The quantitative estimate of drug-likeness (QED) is 0.752. The van der Waals surface area contributed by atoms with Crippen molar-refractivity contribution >= 4 is 23.0 Å². The van der Waals surface area contributed by atoms with Crippen molar-refractivity contribution in [2.45, 2.75) is 6.54 Å². The van der Waals surface area contributed by atoms with Crippen molar-refractivity contribution in [3.8, 4) is 5.75 Å². The Hall–Kier alpha value is -3.54. The third-order valence-corrected chi connectivity index (χ3v) is 4.26. The van der Waals surface area contributed by atoms with Gasteiger partial charge in [-0.1, -0.05) is 18.2 Å². The van der Waals surface area contributed by atoms with Crippen molar-refractivity contribution < 1.29 is 18.7 Å². The van der Waals surface area contributed by atoms with Crippen molar-refractivity contribution in [1.82, 2.24) is 0 Å². The summed E-state index contributed by atoms with van der Waals surface area (Å²) in [5, 5.41) is 9.48. The lowest BCUT2D eigenvalue weighted by atomic mass is 10.1. The average molecular weight is 364 g/mol. The van der Waals surface area contributed by atoms with Gasteiger partial charge in [0, 0.05) is 17.3 Å². The summed E-state index contributed by atoms with van der Waals surface area (Å²) in [5.74, 6) is -1.61. The lowest BCUT2D eigenvalue weighted by molar-refractivity contribution is -0.111. The van der Waals surface area contributed by atoms with E-state index in [1.165, 1.54) is 29.2 Å². The summed E-state index contributed by atoms with van der Waals surface area (Å²) in [7, 11) is 0. The van der Waals surface area contributed by atoms with Gasteiger partial charge in [0.25, 0.3) is 5.91 Å². The van der Waals surface area contributed by atoms with Crippen LogP contribution in [0.2, 0.25) is 0 Å². The fraction of sp³-hybridized carbons (Fsp3) is 0.0476. The minimum Gasteiger partial charge on any atom is -0.508 e. The summed E-state index contributed by atoms with van der Waals surface area (Å²) >= 11 is 0. The number of carbonyl (C=O) groups excluding carboxylic acids is 1. The van der Waals surface area contributed by atoms with Crippen LogP contribution in [0, 0.1) is 11.6 Å². The average Bonchev–Trinajstić information content (AvgIpc) is 2.91. The van der Waals surface area contributed by atoms with E-state index in [9.17, 15) is 18.7 Å². The fourth-order valence-electron chi connectivity index (χ4n) is 3.08. The number of hydrogen-bond donors (Lipinski definition) is 1. The second-order valence-corrected chi connectivity index (χ2v) is 6.12. The number of carbonyl (C=O) groups is 1. The normalized spacial score (nSPS) is 14.7. The molecule has 0 unspecified atom stereocenters. The van der Waals surface area contributed by atoms with Gasteiger partial charge in [0.2, 0.25) is 0 Å². The molecule has 6 heteroatoms. The van der Waals surface area contributed by atoms with E-state index in [1.807, 2.05) is 6.07 Å². The molecule has 0 fully saturated rings. The van der Waals surface area contributed by atoms with Gasteiger partial charge >= 0.3 is 0 Å². The Bertz CT molecular complexity index is 1040. The van der Waals surface area contributed by atoms with E-state index >= 15 is 0 Å². The van der Waals surface area contributed by atoms with Crippen LogP contribution < -0.4 is 4.90 Å². The molecule has 4 rings (SSSR count). The Morgan fingerprint density at radius 3 is 2.30 bits per heavy atom. The maximum absolute atomic E-state index is 13.4. The molecule has 3 aromatic rings. The maximum atomic E-state index is 13.4. The Balaban J connectivity index is 1.73. The summed E-state index contributed by atoms with van der Waals surface area (Å²) in [6.45, 7) is -0.0203. The van der Waals surface area contributed by atoms with Gasteiger partial charge in [-0.25, -0.2) is 8.78 Å². The van der Waals surface area contributed by atoms with Crippen molar-refractivity contribution in [3.05, 3.63) is 89.5 Å². The molecule has 0 saturated heterocycles. The number of aliphatic imine (C=N–C) groups is 1. The number of nitrogens with zero attached hydrogens (tertiary/aromatic N) is 2. The van der Waals surface area contributed by atoms with E-state index in [0.717, 1.165) is 6.07 Å². The first-order valence-electron chi connectivity index (χ1n) is 8.25. The molecule has 0 saturated carbocycles. The highest BCUT2D eigenvalue weighted by Gasteiger charge is 2.34. The predicted molar refractivity (Wildman–Crippen MR) is 98.3 cm³/mol. The number of fused-ring (bicyclic) bond motifs is 1. The second kappa shape index (κ2) is 6.64. The summed E-state index contributed by atoms with van der Waals surface area (Å²) < 4.78 is 26.8. The van der Waals surface area contributed by atoms with Gasteiger partial charge in [-0.3, -0.25) is 14.7 Å². The van der Waals surface area contributed by atoms with Gasteiger partial charge in [0.1, 0.15) is 23.1 Å². The number of amides is 1. The molecule has 0 radical (unpaired) electrons. The number of phenolic OH excluding ortho intramolecular Hbond substituents is 1. The number of hydrogen-bond acceptors (Lipinski definition) is 3. The van der Waals surface area contributed by atoms with Gasteiger partial charge in [0.15, 0.2) is 0 Å². The number of aromatic hydroxyl groups is 1. The van der Waals surface area contributed by atoms with Crippen LogP contribution in [-0.2, 0) is 11.3 Å². The summed E-state index contributed by atoms with van der Waals surface area (Å²) in [4.78, 5) is 18.8. The van der Waals surface area contributed by atoms with Crippen LogP contribution in [0.25, 0.3) is 0 Å². The maximum Gasteiger partial charge on any atom is 0.281 e. The van der Waals surface area contributed by atoms with Gasteiger partial charge in [-0.2, -0.15) is 0 Å². The molecule has 1 heterocycles. The molecule has 0 aliphatic carbocycles. The van der Waals surface area contributed by atoms with E-state index < -0.39 is 11.6 Å². The smallest absolute Gasteiger partial charge is 0.281 e. The molecule has 1 aliphatic heterocycles. The van der Waals surface area contributed by atoms with Crippen LogP contribution in [0.1, 0.15) is 11.1 Å². The Labute approximate surface area is 154 Å². The minimum atomic E-state index is -0.686. The van der Waals surface area contributed by atoms with Gasteiger partial charge in [-0.15, -0.1) is 0 Å². The first kappa shape index (κ1) is 16.9. The van der Waals surface area contributed by atoms with E-state index in [2.05, 4.69) is 4.99 Å². The van der Waals surface area contributed by atoms with Gasteiger partial charge in [-0.05, 0) is 48.0 Å². The fourth-order valence-corrected chi connectivity index (χ4v) is 3.08. The van der Waals surface area contributed by atoms with E-state index in [-0.39, 0.29) is 23.9 Å². The summed E-state index contributed by atoms with van der Waals surface area (Å²) in [6.07, 6.45) is 0. The Morgan fingerprint density at radius 2 is 1.59 bits per heavy atom. The molecular formula is C21H14F2N2O2. The minimum absolute atomic E-state index is 0.0203. The second-order valence-electron chi connectivity index (χ2n) is 6.12. The van der Waals surface area contributed by atoms with Crippen molar-refractivity contribution in [2.75, 3.05) is 4.90 Å². The molecule has 0 atom stereocenters. The highest BCUT2D eigenvalue weighted by Crippen LogP contribution is 2.36. The van der Waals surface area contributed by atoms with Crippen LogP contribution in [0.3, 0.4) is 0 Å². The van der Waals surface area contributed by atoms with Crippen molar-refractivity contribution in [3.63, 3.8) is 0 Å².